The van der Waals surface area contributed by atoms with E-state index < -0.39 is 0 Å². The van der Waals surface area contributed by atoms with Crippen LogP contribution < -0.4 is 10.9 Å². The van der Waals surface area contributed by atoms with Gasteiger partial charge in [0.05, 0.1) is 0 Å². The van der Waals surface area contributed by atoms with Gasteiger partial charge in [-0.1, -0.05) is 0 Å². The molecule has 0 bridgehead atoms. The van der Waals surface area contributed by atoms with Gasteiger partial charge in [-0.25, -0.2) is 5.10 Å². The maximum absolute atomic E-state index is 11.9. The first-order valence-corrected chi connectivity index (χ1v) is 6.05. The Bertz CT molecular complexity index is 471. The normalized spacial score (nSPS) is 17.3. The van der Waals surface area contributed by atoms with Gasteiger partial charge in [0, 0.05) is 18.2 Å². The van der Waals surface area contributed by atoms with Gasteiger partial charge in [-0.05, 0) is 39.4 Å². The zero-order valence-corrected chi connectivity index (χ0v) is 10.7. The van der Waals surface area contributed by atoms with Crippen molar-refractivity contribution in [1.82, 2.24) is 20.4 Å². The van der Waals surface area contributed by atoms with E-state index in [0.717, 1.165) is 12.8 Å². The van der Waals surface area contributed by atoms with E-state index in [-0.39, 0.29) is 22.7 Å². The number of carbonyl (C=O) groups excluding carboxylic acids is 1. The van der Waals surface area contributed by atoms with E-state index in [4.69, 9.17) is 0 Å². The Hall–Kier alpha value is -1.69. The second-order valence-corrected chi connectivity index (χ2v) is 4.96. The van der Waals surface area contributed by atoms with Crippen LogP contribution in [0.2, 0.25) is 0 Å². The third-order valence-corrected chi connectivity index (χ3v) is 3.72. The number of H-pyrrole nitrogens is 1. The molecular formula is C12H18N4O2. The van der Waals surface area contributed by atoms with E-state index in [1.165, 1.54) is 18.6 Å². The van der Waals surface area contributed by atoms with Crippen LogP contribution >= 0.6 is 0 Å². The Morgan fingerprint density at radius 1 is 1.50 bits per heavy atom. The lowest BCUT2D eigenvalue weighted by atomic mass is 9.75. The van der Waals surface area contributed by atoms with Gasteiger partial charge in [0.2, 0.25) is 0 Å². The molecule has 0 spiro atoms. The monoisotopic (exact) mass is 250 g/mol. The maximum atomic E-state index is 11.9. The molecule has 1 aromatic rings. The van der Waals surface area contributed by atoms with Crippen molar-refractivity contribution in [3.8, 4) is 0 Å². The highest BCUT2D eigenvalue weighted by Gasteiger charge is 2.39. The summed E-state index contributed by atoms with van der Waals surface area (Å²) in [7, 11) is 4.06. The molecule has 0 radical (unpaired) electrons. The predicted molar refractivity (Wildman–Crippen MR) is 67.5 cm³/mol. The SMILES string of the molecule is CN(C)C1(CNC(=O)c2ccc(=O)[nH]n2)CCC1. The van der Waals surface area contributed by atoms with Crippen LogP contribution in [-0.2, 0) is 0 Å². The second-order valence-electron chi connectivity index (χ2n) is 4.96. The molecule has 1 heterocycles. The van der Waals surface area contributed by atoms with Gasteiger partial charge >= 0.3 is 0 Å². The molecule has 1 aliphatic rings. The summed E-state index contributed by atoms with van der Waals surface area (Å²) >= 11 is 0. The first-order valence-electron chi connectivity index (χ1n) is 6.05. The van der Waals surface area contributed by atoms with Gasteiger partial charge in [0.15, 0.2) is 0 Å². The van der Waals surface area contributed by atoms with Crippen LogP contribution in [0.15, 0.2) is 16.9 Å². The van der Waals surface area contributed by atoms with Crippen molar-refractivity contribution in [3.63, 3.8) is 0 Å². The van der Waals surface area contributed by atoms with Gasteiger partial charge in [0.1, 0.15) is 5.69 Å². The van der Waals surface area contributed by atoms with Gasteiger partial charge in [-0.2, -0.15) is 5.10 Å². The summed E-state index contributed by atoms with van der Waals surface area (Å²) in [6.45, 7) is 0.611. The van der Waals surface area contributed by atoms with E-state index in [1.54, 1.807) is 0 Å². The molecule has 0 atom stereocenters. The molecule has 2 N–H and O–H groups in total. The van der Waals surface area contributed by atoms with Crippen molar-refractivity contribution in [2.24, 2.45) is 0 Å². The Kier molecular flexibility index (Phi) is 3.47. The number of hydrogen-bond donors (Lipinski definition) is 2. The molecule has 6 nitrogen and oxygen atoms in total. The molecule has 1 saturated carbocycles. The third-order valence-electron chi connectivity index (χ3n) is 3.72. The lowest BCUT2D eigenvalue weighted by molar-refractivity contribution is 0.0556. The molecule has 6 heteroatoms. The number of aromatic nitrogens is 2. The van der Waals surface area contributed by atoms with Crippen LogP contribution in [0.1, 0.15) is 29.8 Å². The Labute approximate surface area is 105 Å². The van der Waals surface area contributed by atoms with Crippen LogP contribution in [0, 0.1) is 0 Å². The molecule has 1 fully saturated rings. The molecule has 0 aliphatic heterocycles. The highest BCUT2D eigenvalue weighted by molar-refractivity contribution is 5.92. The first-order chi connectivity index (χ1) is 8.53. The molecule has 2 rings (SSSR count). The molecule has 0 unspecified atom stereocenters. The standard InChI is InChI=1S/C12H18N4O2/c1-16(2)12(6-3-7-12)8-13-11(18)9-4-5-10(17)15-14-9/h4-5H,3,6-8H2,1-2H3,(H,13,18)(H,15,17). The van der Waals surface area contributed by atoms with Crippen molar-refractivity contribution in [2.45, 2.75) is 24.8 Å². The minimum absolute atomic E-state index is 0.0812. The average Bonchev–Trinajstić information content (AvgIpc) is 2.27. The van der Waals surface area contributed by atoms with Crippen LogP contribution in [0.3, 0.4) is 0 Å². The van der Waals surface area contributed by atoms with E-state index in [0.29, 0.717) is 6.54 Å². The highest BCUT2D eigenvalue weighted by Crippen LogP contribution is 2.35. The van der Waals surface area contributed by atoms with Crippen LogP contribution in [-0.4, -0.2) is 47.2 Å². The Balaban J connectivity index is 1.96. The topological polar surface area (TPSA) is 78.1 Å². The smallest absolute Gasteiger partial charge is 0.271 e. The summed E-state index contributed by atoms with van der Waals surface area (Å²) in [6, 6.07) is 2.73. The number of carbonyl (C=O) groups is 1. The van der Waals surface area contributed by atoms with E-state index in [9.17, 15) is 9.59 Å². The fourth-order valence-electron chi connectivity index (χ4n) is 2.17. The van der Waals surface area contributed by atoms with Gasteiger partial charge < -0.3 is 10.2 Å². The molecule has 98 valence electrons. The van der Waals surface area contributed by atoms with Crippen LogP contribution in [0.5, 0.6) is 0 Å². The molecule has 0 aromatic carbocycles. The summed E-state index contributed by atoms with van der Waals surface area (Å²) in [6.07, 6.45) is 3.39. The fourth-order valence-corrected chi connectivity index (χ4v) is 2.17. The van der Waals surface area contributed by atoms with Crippen molar-refractivity contribution >= 4 is 5.91 Å². The molecular weight excluding hydrogens is 232 g/mol. The number of likely N-dealkylation sites (N-methyl/N-ethyl adjacent to an activating group) is 1. The Morgan fingerprint density at radius 2 is 2.22 bits per heavy atom. The number of nitrogens with one attached hydrogen (secondary N) is 2. The Morgan fingerprint density at radius 3 is 2.67 bits per heavy atom. The predicted octanol–water partition coefficient (Wildman–Crippen LogP) is -0.0160. The summed E-state index contributed by atoms with van der Waals surface area (Å²) in [4.78, 5) is 24.9. The fraction of sp³-hybridized carbons (Fsp3) is 0.583. The summed E-state index contributed by atoms with van der Waals surface area (Å²) in [5.74, 6) is -0.251. The average molecular weight is 250 g/mol. The van der Waals surface area contributed by atoms with E-state index >= 15 is 0 Å². The van der Waals surface area contributed by atoms with Crippen LogP contribution in [0.4, 0.5) is 0 Å². The molecule has 1 aromatic heterocycles. The number of rotatable bonds is 4. The molecule has 0 saturated heterocycles. The third kappa shape index (κ3) is 2.43. The van der Waals surface area contributed by atoms with Crippen LogP contribution in [0.25, 0.3) is 0 Å². The van der Waals surface area contributed by atoms with Gasteiger partial charge in [0.25, 0.3) is 11.5 Å². The maximum Gasteiger partial charge on any atom is 0.271 e. The molecule has 18 heavy (non-hydrogen) atoms. The zero-order valence-electron chi connectivity index (χ0n) is 10.7. The minimum Gasteiger partial charge on any atom is -0.349 e. The number of amides is 1. The van der Waals surface area contributed by atoms with Crippen molar-refractivity contribution in [3.05, 3.63) is 28.2 Å². The number of hydrogen-bond acceptors (Lipinski definition) is 4. The molecule has 1 amide bonds. The van der Waals surface area contributed by atoms with E-state index in [2.05, 4.69) is 20.4 Å². The minimum atomic E-state index is -0.310. The summed E-state index contributed by atoms with van der Waals surface area (Å²) in [5, 5.41) is 8.83. The number of aromatic amines is 1. The largest absolute Gasteiger partial charge is 0.349 e. The summed E-state index contributed by atoms with van der Waals surface area (Å²) < 4.78 is 0. The number of nitrogens with zero attached hydrogens (tertiary/aromatic N) is 2. The van der Waals surface area contributed by atoms with E-state index in [1.807, 2.05) is 14.1 Å². The first kappa shape index (κ1) is 12.8. The van der Waals surface area contributed by atoms with Crippen molar-refractivity contribution in [2.75, 3.05) is 20.6 Å². The molecule has 1 aliphatic carbocycles. The summed E-state index contributed by atoms with van der Waals surface area (Å²) in [5.41, 5.74) is 0.0100. The second kappa shape index (κ2) is 4.89. The lowest BCUT2D eigenvalue weighted by Gasteiger charge is -2.47. The zero-order chi connectivity index (χ0) is 13.2. The lowest BCUT2D eigenvalue weighted by Crippen LogP contribution is -2.57. The quantitative estimate of drug-likeness (QED) is 0.787. The van der Waals surface area contributed by atoms with Crippen molar-refractivity contribution in [1.29, 1.82) is 0 Å². The van der Waals surface area contributed by atoms with Gasteiger partial charge in [-0.3, -0.25) is 9.59 Å². The highest BCUT2D eigenvalue weighted by atomic mass is 16.2. The van der Waals surface area contributed by atoms with Gasteiger partial charge in [-0.15, -0.1) is 0 Å². The van der Waals surface area contributed by atoms with Crippen molar-refractivity contribution < 1.29 is 4.79 Å².